The molecule has 2 aromatic heterocycles. The Morgan fingerprint density at radius 3 is 2.51 bits per heavy atom. The number of nitrogens with zero attached hydrogens (tertiary/aromatic N) is 3. The van der Waals surface area contributed by atoms with Gasteiger partial charge < -0.3 is 14.0 Å². The van der Waals surface area contributed by atoms with Crippen LogP contribution in [0, 0.1) is 0 Å². The van der Waals surface area contributed by atoms with E-state index in [1.165, 1.54) is 10.6 Å². The minimum atomic E-state index is -3.39. The molecule has 0 N–H and O–H groups in total. The fourth-order valence-electron chi connectivity index (χ4n) is 6.12. The molecule has 0 saturated carbocycles. The van der Waals surface area contributed by atoms with Crippen LogP contribution >= 0.6 is 0 Å². The Morgan fingerprint density at radius 1 is 1.18 bits per heavy atom. The number of esters is 1. The summed E-state index contributed by atoms with van der Waals surface area (Å²) in [5.74, 6) is -0.456. The van der Waals surface area contributed by atoms with Crippen LogP contribution < -0.4 is 5.56 Å². The summed E-state index contributed by atoms with van der Waals surface area (Å²) in [4.78, 5) is 31.4. The fraction of sp³-hybridized carbons (Fsp3) is 0.483. The van der Waals surface area contributed by atoms with E-state index >= 15 is 0 Å². The lowest BCUT2D eigenvalue weighted by molar-refractivity contribution is -0.234. The molecule has 1 spiro atoms. The number of hydrogen-bond donors (Lipinski definition) is 0. The first-order valence-corrected chi connectivity index (χ1v) is 15.4. The third kappa shape index (κ3) is 4.29. The molecule has 1 fully saturated rings. The van der Waals surface area contributed by atoms with Gasteiger partial charge in [0.2, 0.25) is 10.0 Å². The average Bonchev–Trinajstić information content (AvgIpc) is 3.24. The van der Waals surface area contributed by atoms with Gasteiger partial charge in [0.15, 0.2) is 5.60 Å². The lowest BCUT2D eigenvalue weighted by Gasteiger charge is -2.47. The van der Waals surface area contributed by atoms with E-state index in [1.807, 2.05) is 65.0 Å². The van der Waals surface area contributed by atoms with Crippen molar-refractivity contribution in [3.8, 4) is 11.4 Å². The second kappa shape index (κ2) is 9.83. The van der Waals surface area contributed by atoms with Gasteiger partial charge in [-0.2, -0.15) is 4.31 Å². The van der Waals surface area contributed by atoms with Crippen molar-refractivity contribution in [2.45, 2.75) is 78.4 Å². The Hall–Kier alpha value is -3.08. The average molecular weight is 554 g/mol. The molecule has 3 aliphatic rings. The summed E-state index contributed by atoms with van der Waals surface area (Å²) in [7, 11) is -3.39. The highest BCUT2D eigenvalue weighted by atomic mass is 32.2. The number of aromatic nitrogens is 2. The van der Waals surface area contributed by atoms with Crippen molar-refractivity contribution >= 4 is 26.9 Å². The topological polar surface area (TPSA) is 108 Å². The van der Waals surface area contributed by atoms with Crippen molar-refractivity contribution in [2.24, 2.45) is 0 Å². The van der Waals surface area contributed by atoms with Gasteiger partial charge in [-0.1, -0.05) is 32.0 Å². The number of pyridine rings is 2. The first kappa shape index (κ1) is 27.5. The van der Waals surface area contributed by atoms with Gasteiger partial charge in [-0.25, -0.2) is 18.2 Å². The van der Waals surface area contributed by atoms with E-state index in [4.69, 9.17) is 14.5 Å². The molecule has 1 unspecified atom stereocenters. The first-order chi connectivity index (χ1) is 18.5. The van der Waals surface area contributed by atoms with Gasteiger partial charge in [0, 0.05) is 35.5 Å². The molecule has 3 aromatic rings. The molecule has 39 heavy (non-hydrogen) atoms. The Bertz CT molecular complexity index is 1640. The lowest BCUT2D eigenvalue weighted by atomic mass is 9.79. The van der Waals surface area contributed by atoms with Crippen LogP contribution in [0.4, 0.5) is 0 Å². The first-order valence-electron chi connectivity index (χ1n) is 13.5. The zero-order valence-electron chi connectivity index (χ0n) is 23.3. The van der Waals surface area contributed by atoms with E-state index in [9.17, 15) is 18.0 Å². The number of ether oxygens (including phenoxy) is 2. The van der Waals surface area contributed by atoms with Gasteiger partial charge in [0.25, 0.3) is 5.56 Å². The van der Waals surface area contributed by atoms with Crippen LogP contribution in [0.2, 0.25) is 0 Å². The Morgan fingerprint density at radius 2 is 1.87 bits per heavy atom. The van der Waals surface area contributed by atoms with E-state index < -0.39 is 21.6 Å². The van der Waals surface area contributed by atoms with Crippen molar-refractivity contribution < 1.29 is 22.7 Å². The molecule has 10 heteroatoms. The van der Waals surface area contributed by atoms with Gasteiger partial charge in [0.05, 0.1) is 41.4 Å². The highest BCUT2D eigenvalue weighted by molar-refractivity contribution is 7.88. The van der Waals surface area contributed by atoms with Crippen LogP contribution in [0.25, 0.3) is 22.3 Å². The van der Waals surface area contributed by atoms with E-state index in [0.717, 1.165) is 22.0 Å². The predicted molar refractivity (Wildman–Crippen MR) is 149 cm³/mol. The van der Waals surface area contributed by atoms with E-state index in [-0.39, 0.29) is 24.3 Å². The van der Waals surface area contributed by atoms with Gasteiger partial charge in [-0.05, 0) is 44.9 Å². The van der Waals surface area contributed by atoms with Gasteiger partial charge >= 0.3 is 5.97 Å². The van der Waals surface area contributed by atoms with Crippen LogP contribution in [0.1, 0.15) is 63.3 Å². The smallest absolute Gasteiger partial charge is 0.343 e. The number of rotatable bonds is 5. The summed E-state index contributed by atoms with van der Waals surface area (Å²) in [5, 5.41) is 0.940. The molecule has 0 amide bonds. The van der Waals surface area contributed by atoms with Crippen molar-refractivity contribution in [3.63, 3.8) is 0 Å². The zero-order chi connectivity index (χ0) is 28.3. The number of sulfonamides is 1. The molecule has 2 atom stereocenters. The monoisotopic (exact) mass is 553 g/mol. The molecule has 6 rings (SSSR count). The normalized spacial score (nSPS) is 21.2. The maximum atomic E-state index is 13.7. The number of carbonyl (C=O) groups is 1. The maximum absolute atomic E-state index is 13.7. The number of carbonyl (C=O) groups excluding carboxylic acids is 1. The van der Waals surface area contributed by atoms with Gasteiger partial charge in [-0.3, -0.25) is 4.79 Å². The van der Waals surface area contributed by atoms with Crippen molar-refractivity contribution in [1.82, 2.24) is 13.9 Å². The molecule has 3 aliphatic heterocycles. The Balaban J connectivity index is 0.00000151. The summed E-state index contributed by atoms with van der Waals surface area (Å²) in [5.41, 5.74) is 3.55. The van der Waals surface area contributed by atoms with E-state index in [0.29, 0.717) is 48.4 Å². The molecular weight excluding hydrogens is 518 g/mol. The third-order valence-electron chi connectivity index (χ3n) is 7.74. The second-order valence-electron chi connectivity index (χ2n) is 10.5. The van der Waals surface area contributed by atoms with Crippen LogP contribution in [-0.2, 0) is 49.5 Å². The zero-order valence-corrected chi connectivity index (χ0v) is 24.1. The summed E-state index contributed by atoms with van der Waals surface area (Å²) >= 11 is 0. The predicted octanol–water partition coefficient (Wildman–Crippen LogP) is 3.72. The number of benzene rings is 1. The van der Waals surface area contributed by atoms with Crippen LogP contribution in [0.5, 0.6) is 0 Å². The number of hydrogen-bond acceptors (Lipinski definition) is 7. The number of para-hydroxylation sites is 1. The summed E-state index contributed by atoms with van der Waals surface area (Å²) in [6, 6.07) is 9.44. The molecule has 1 aromatic carbocycles. The van der Waals surface area contributed by atoms with Crippen LogP contribution in [-0.4, -0.2) is 53.2 Å². The molecule has 0 bridgehead atoms. The van der Waals surface area contributed by atoms with Crippen LogP contribution in [0.15, 0.2) is 35.1 Å². The summed E-state index contributed by atoms with van der Waals surface area (Å²) < 4.78 is 39.3. The van der Waals surface area contributed by atoms with Crippen LogP contribution in [0.3, 0.4) is 0 Å². The Kier molecular flexibility index (Phi) is 6.93. The largest absolute Gasteiger partial charge is 0.458 e. The standard InChI is InChI=1S/C27H29N3O6S.C2H6/c1-15(2)30(37(4,33)34)10-9-17-18-7-5-6-8-22(18)28-24-19(17)13-29-23(24)11-21-20(25(29)31)14-35-26(32)27(21)12-16(3)36-27;1-2/h5-8,11,15-16H,9-10,12-14H2,1-4H3;1-2H3/t16?,27-;/m0./s1. The number of fused-ring (bicyclic) bond motifs is 6. The van der Waals surface area contributed by atoms with E-state index in [1.54, 1.807) is 4.57 Å². The third-order valence-corrected chi connectivity index (χ3v) is 9.20. The fourth-order valence-corrected chi connectivity index (χ4v) is 7.31. The SMILES string of the molecule is CC.CC1C[C@@]2(O1)C(=O)OCc1c2cc2n(c1=O)Cc1c-2nc2ccccc2c1CCN(C(C)C)S(C)(=O)=O. The molecule has 5 heterocycles. The van der Waals surface area contributed by atoms with Gasteiger partial charge in [-0.15, -0.1) is 0 Å². The Labute approximate surface area is 228 Å². The molecule has 9 nitrogen and oxygen atoms in total. The summed E-state index contributed by atoms with van der Waals surface area (Å²) in [6.45, 7) is 10.2. The van der Waals surface area contributed by atoms with Crippen molar-refractivity contribution in [2.75, 3.05) is 12.8 Å². The van der Waals surface area contributed by atoms with Gasteiger partial charge in [0.1, 0.15) is 6.61 Å². The highest BCUT2D eigenvalue weighted by Crippen LogP contribution is 2.48. The molecule has 0 aliphatic carbocycles. The van der Waals surface area contributed by atoms with E-state index in [2.05, 4.69) is 0 Å². The minimum Gasteiger partial charge on any atom is -0.458 e. The minimum absolute atomic E-state index is 0.0803. The quantitative estimate of drug-likeness (QED) is 0.347. The summed E-state index contributed by atoms with van der Waals surface area (Å²) in [6.07, 6.45) is 2.06. The lowest BCUT2D eigenvalue weighted by Crippen LogP contribution is -2.56. The molecule has 0 radical (unpaired) electrons. The molecular formula is C29H35N3O6S. The molecule has 208 valence electrons. The second-order valence-corrected chi connectivity index (χ2v) is 12.4. The highest BCUT2D eigenvalue weighted by Gasteiger charge is 2.56. The van der Waals surface area contributed by atoms with Crippen molar-refractivity contribution in [3.05, 3.63) is 62.9 Å². The van der Waals surface area contributed by atoms with Crippen molar-refractivity contribution in [1.29, 1.82) is 0 Å². The molecule has 1 saturated heterocycles. The maximum Gasteiger partial charge on any atom is 0.343 e. The number of cyclic esters (lactones) is 1.